The number of hydrogen-bond donors (Lipinski definition) is 1. The van der Waals surface area contributed by atoms with Gasteiger partial charge in [0.25, 0.3) is 5.91 Å². The van der Waals surface area contributed by atoms with Crippen molar-refractivity contribution >= 4 is 27.5 Å². The predicted molar refractivity (Wildman–Crippen MR) is 68.9 cm³/mol. The first kappa shape index (κ1) is 11.7. The summed E-state index contributed by atoms with van der Waals surface area (Å²) < 4.78 is 0.979. The second-order valence-electron chi connectivity index (χ2n) is 3.50. The molecule has 0 bridgehead atoms. The summed E-state index contributed by atoms with van der Waals surface area (Å²) in [7, 11) is 0. The summed E-state index contributed by atoms with van der Waals surface area (Å²) in [6, 6.07) is 5.65. The zero-order valence-corrected chi connectivity index (χ0v) is 10.7. The number of benzene rings is 1. The molecule has 0 aliphatic heterocycles. The second-order valence-corrected chi connectivity index (χ2v) is 4.42. The molecule has 86 valence electrons. The van der Waals surface area contributed by atoms with Gasteiger partial charge < -0.3 is 5.32 Å². The molecule has 1 aromatic heterocycles. The highest BCUT2D eigenvalue weighted by molar-refractivity contribution is 9.10. The van der Waals surface area contributed by atoms with Crippen molar-refractivity contribution in [1.29, 1.82) is 0 Å². The minimum absolute atomic E-state index is 0.261. The Morgan fingerprint density at radius 3 is 2.82 bits per heavy atom. The molecule has 5 heteroatoms. The standard InChI is InChI=1S/C12H10BrN3O/c1-8-6-9(13)2-3-10(8)16-12(17)11-7-14-4-5-15-11/h2-7H,1H3,(H,16,17). The maximum atomic E-state index is 11.8. The van der Waals surface area contributed by atoms with E-state index >= 15 is 0 Å². The van der Waals surface area contributed by atoms with Crippen molar-refractivity contribution in [1.82, 2.24) is 9.97 Å². The van der Waals surface area contributed by atoms with Gasteiger partial charge in [-0.2, -0.15) is 0 Å². The molecule has 4 nitrogen and oxygen atoms in total. The zero-order valence-electron chi connectivity index (χ0n) is 9.14. The number of carbonyl (C=O) groups is 1. The van der Waals surface area contributed by atoms with Crippen LogP contribution in [0.15, 0.2) is 41.3 Å². The first-order valence-corrected chi connectivity index (χ1v) is 5.79. The number of carbonyl (C=O) groups excluding carboxylic acids is 1. The summed E-state index contributed by atoms with van der Waals surface area (Å²) in [5.41, 5.74) is 2.05. The molecule has 0 atom stereocenters. The molecule has 17 heavy (non-hydrogen) atoms. The number of aromatic nitrogens is 2. The van der Waals surface area contributed by atoms with E-state index in [9.17, 15) is 4.79 Å². The van der Waals surface area contributed by atoms with Gasteiger partial charge in [-0.1, -0.05) is 15.9 Å². The Morgan fingerprint density at radius 2 is 2.18 bits per heavy atom. The minimum Gasteiger partial charge on any atom is -0.320 e. The van der Waals surface area contributed by atoms with Crippen molar-refractivity contribution in [2.75, 3.05) is 5.32 Å². The predicted octanol–water partition coefficient (Wildman–Crippen LogP) is 2.80. The van der Waals surface area contributed by atoms with Crippen molar-refractivity contribution in [2.24, 2.45) is 0 Å². The first-order valence-electron chi connectivity index (χ1n) is 5.00. The quantitative estimate of drug-likeness (QED) is 0.926. The number of nitrogens with one attached hydrogen (secondary N) is 1. The molecule has 1 N–H and O–H groups in total. The van der Waals surface area contributed by atoms with Gasteiger partial charge in [0.1, 0.15) is 5.69 Å². The van der Waals surface area contributed by atoms with Gasteiger partial charge in [0, 0.05) is 22.6 Å². The second kappa shape index (κ2) is 5.05. The molecule has 0 saturated heterocycles. The zero-order chi connectivity index (χ0) is 12.3. The lowest BCUT2D eigenvalue weighted by atomic mass is 10.2. The van der Waals surface area contributed by atoms with Gasteiger partial charge >= 0.3 is 0 Å². The molecule has 2 rings (SSSR count). The SMILES string of the molecule is Cc1cc(Br)ccc1NC(=O)c1cnccn1. The molecule has 0 saturated carbocycles. The number of aryl methyl sites for hydroxylation is 1. The third-order valence-electron chi connectivity index (χ3n) is 2.23. The molecule has 0 aliphatic carbocycles. The van der Waals surface area contributed by atoms with Crippen molar-refractivity contribution < 1.29 is 4.79 Å². The van der Waals surface area contributed by atoms with E-state index in [1.807, 2.05) is 25.1 Å². The average Bonchev–Trinajstić information content (AvgIpc) is 2.34. The van der Waals surface area contributed by atoms with Gasteiger partial charge in [-0.05, 0) is 30.7 Å². The number of amides is 1. The van der Waals surface area contributed by atoms with Crippen LogP contribution >= 0.6 is 15.9 Å². The fourth-order valence-electron chi connectivity index (χ4n) is 1.37. The monoisotopic (exact) mass is 291 g/mol. The van der Waals surface area contributed by atoms with Crippen LogP contribution in [0.4, 0.5) is 5.69 Å². The molecular weight excluding hydrogens is 282 g/mol. The number of halogens is 1. The van der Waals surface area contributed by atoms with E-state index in [1.54, 1.807) is 0 Å². The van der Waals surface area contributed by atoms with Gasteiger partial charge in [0.05, 0.1) is 6.20 Å². The summed E-state index contributed by atoms with van der Waals surface area (Å²) in [4.78, 5) is 19.6. The Balaban J connectivity index is 2.19. The fourth-order valence-corrected chi connectivity index (χ4v) is 1.85. The van der Waals surface area contributed by atoms with Gasteiger partial charge in [-0.25, -0.2) is 4.98 Å². The number of hydrogen-bond acceptors (Lipinski definition) is 3. The lowest BCUT2D eigenvalue weighted by Crippen LogP contribution is -2.14. The largest absolute Gasteiger partial charge is 0.320 e. The van der Waals surface area contributed by atoms with Gasteiger partial charge in [0.2, 0.25) is 0 Å². The lowest BCUT2D eigenvalue weighted by molar-refractivity contribution is 0.102. The summed E-state index contributed by atoms with van der Waals surface area (Å²) in [5.74, 6) is -0.261. The third kappa shape index (κ3) is 2.88. The maximum absolute atomic E-state index is 11.8. The Hall–Kier alpha value is -1.75. The summed E-state index contributed by atoms with van der Waals surface area (Å²) in [6.07, 6.45) is 4.45. The van der Waals surface area contributed by atoms with E-state index in [2.05, 4.69) is 31.2 Å². The smallest absolute Gasteiger partial charge is 0.275 e. The highest BCUT2D eigenvalue weighted by Crippen LogP contribution is 2.20. The maximum Gasteiger partial charge on any atom is 0.275 e. The normalized spacial score (nSPS) is 10.0. The van der Waals surface area contributed by atoms with Crippen LogP contribution in [0.1, 0.15) is 16.1 Å². The molecule has 1 heterocycles. The van der Waals surface area contributed by atoms with Crippen LogP contribution in [0.2, 0.25) is 0 Å². The average molecular weight is 292 g/mol. The Kier molecular flexibility index (Phi) is 3.49. The van der Waals surface area contributed by atoms with E-state index in [0.717, 1.165) is 15.7 Å². The van der Waals surface area contributed by atoms with Crippen LogP contribution in [0.3, 0.4) is 0 Å². The minimum atomic E-state index is -0.261. The van der Waals surface area contributed by atoms with Gasteiger partial charge in [-0.15, -0.1) is 0 Å². The Morgan fingerprint density at radius 1 is 1.35 bits per heavy atom. The van der Waals surface area contributed by atoms with Crippen LogP contribution < -0.4 is 5.32 Å². The molecule has 0 aliphatic rings. The molecule has 1 aromatic carbocycles. The van der Waals surface area contributed by atoms with Crippen molar-refractivity contribution in [3.8, 4) is 0 Å². The van der Waals surface area contributed by atoms with Crippen LogP contribution in [-0.2, 0) is 0 Å². The molecule has 0 fully saturated rings. The van der Waals surface area contributed by atoms with Crippen LogP contribution in [0.25, 0.3) is 0 Å². The van der Waals surface area contributed by atoms with E-state index in [1.165, 1.54) is 18.6 Å². The molecular formula is C12H10BrN3O. The lowest BCUT2D eigenvalue weighted by Gasteiger charge is -2.07. The number of nitrogens with zero attached hydrogens (tertiary/aromatic N) is 2. The topological polar surface area (TPSA) is 54.9 Å². The summed E-state index contributed by atoms with van der Waals surface area (Å²) >= 11 is 3.37. The van der Waals surface area contributed by atoms with Crippen LogP contribution in [0.5, 0.6) is 0 Å². The number of anilines is 1. The van der Waals surface area contributed by atoms with Crippen LogP contribution in [0, 0.1) is 6.92 Å². The van der Waals surface area contributed by atoms with Gasteiger partial charge in [0.15, 0.2) is 0 Å². The fraction of sp³-hybridized carbons (Fsp3) is 0.0833. The van der Waals surface area contributed by atoms with Crippen molar-refractivity contribution in [3.05, 3.63) is 52.5 Å². The molecule has 1 amide bonds. The third-order valence-corrected chi connectivity index (χ3v) is 2.73. The van der Waals surface area contributed by atoms with E-state index in [0.29, 0.717) is 5.69 Å². The van der Waals surface area contributed by atoms with E-state index < -0.39 is 0 Å². The molecule has 0 spiro atoms. The van der Waals surface area contributed by atoms with E-state index in [4.69, 9.17) is 0 Å². The van der Waals surface area contributed by atoms with E-state index in [-0.39, 0.29) is 5.91 Å². The highest BCUT2D eigenvalue weighted by atomic mass is 79.9. The summed E-state index contributed by atoms with van der Waals surface area (Å²) in [5, 5.41) is 2.79. The summed E-state index contributed by atoms with van der Waals surface area (Å²) in [6.45, 7) is 1.93. The molecule has 0 unspecified atom stereocenters. The van der Waals surface area contributed by atoms with Gasteiger partial charge in [-0.3, -0.25) is 9.78 Å². The van der Waals surface area contributed by atoms with Crippen LogP contribution in [-0.4, -0.2) is 15.9 Å². The first-order chi connectivity index (χ1) is 8.16. The molecule has 0 radical (unpaired) electrons. The van der Waals surface area contributed by atoms with Crippen molar-refractivity contribution in [3.63, 3.8) is 0 Å². The Bertz CT molecular complexity index is 543. The van der Waals surface area contributed by atoms with Crippen molar-refractivity contribution in [2.45, 2.75) is 6.92 Å². The Labute approximate surface area is 107 Å². The molecule has 2 aromatic rings. The number of rotatable bonds is 2. The highest BCUT2D eigenvalue weighted by Gasteiger charge is 2.08.